The number of carboxylic acid groups (broad SMARTS) is 2. The smallest absolute Gasteiger partial charge is 0.228 e. The molecule has 0 heterocycles. The van der Waals surface area contributed by atoms with Crippen LogP contribution in [0.5, 0.6) is 5.75 Å². The van der Waals surface area contributed by atoms with Crippen LogP contribution in [-0.2, 0) is 11.2 Å². The molecule has 24 heavy (non-hydrogen) atoms. The highest BCUT2D eigenvalue weighted by atomic mass is 16.5. The molecule has 2 aromatic carbocycles. The van der Waals surface area contributed by atoms with Crippen molar-refractivity contribution in [3.8, 4) is 5.75 Å². The van der Waals surface area contributed by atoms with E-state index in [2.05, 4.69) is 5.32 Å². The highest BCUT2D eigenvalue weighted by molar-refractivity contribution is 5.98. The molecule has 0 aliphatic carbocycles. The van der Waals surface area contributed by atoms with Crippen molar-refractivity contribution in [3.05, 3.63) is 59.2 Å². The third-order valence-corrected chi connectivity index (χ3v) is 3.23. The van der Waals surface area contributed by atoms with Crippen LogP contribution in [0.15, 0.2) is 42.5 Å². The Bertz CT molecular complexity index is 767. The molecule has 7 heteroatoms. The fourth-order valence-corrected chi connectivity index (χ4v) is 2.16. The summed E-state index contributed by atoms with van der Waals surface area (Å²) in [6.07, 6.45) is -0.0276. The zero-order chi connectivity index (χ0) is 17.7. The van der Waals surface area contributed by atoms with Crippen LogP contribution in [0, 0.1) is 0 Å². The van der Waals surface area contributed by atoms with E-state index in [0.29, 0.717) is 11.3 Å². The summed E-state index contributed by atoms with van der Waals surface area (Å²) in [7, 11) is 1.48. The van der Waals surface area contributed by atoms with Gasteiger partial charge in [-0.15, -0.1) is 0 Å². The summed E-state index contributed by atoms with van der Waals surface area (Å²) in [5, 5.41) is 24.3. The Balaban J connectivity index is 2.22. The highest BCUT2D eigenvalue weighted by Gasteiger charge is 2.10. The Hall–Kier alpha value is -3.35. The number of hydrogen-bond donors (Lipinski definition) is 1. The van der Waals surface area contributed by atoms with E-state index in [0.717, 1.165) is 18.2 Å². The van der Waals surface area contributed by atoms with Crippen molar-refractivity contribution in [3.63, 3.8) is 0 Å². The molecular weight excluding hydrogens is 314 g/mol. The number of nitrogens with one attached hydrogen (secondary N) is 1. The molecule has 0 spiro atoms. The van der Waals surface area contributed by atoms with Gasteiger partial charge < -0.3 is 29.9 Å². The summed E-state index contributed by atoms with van der Waals surface area (Å²) in [6.45, 7) is 0. The Kier molecular flexibility index (Phi) is 5.16. The Morgan fingerprint density at radius 2 is 1.58 bits per heavy atom. The monoisotopic (exact) mass is 327 g/mol. The van der Waals surface area contributed by atoms with Crippen LogP contribution >= 0.6 is 0 Å². The molecule has 0 aromatic heterocycles. The molecule has 0 saturated heterocycles. The van der Waals surface area contributed by atoms with Gasteiger partial charge in [0.05, 0.1) is 25.5 Å². The molecule has 7 nitrogen and oxygen atoms in total. The van der Waals surface area contributed by atoms with Gasteiger partial charge >= 0.3 is 0 Å². The molecule has 0 aliphatic rings. The lowest BCUT2D eigenvalue weighted by atomic mass is 10.1. The van der Waals surface area contributed by atoms with Crippen LogP contribution < -0.4 is 20.3 Å². The highest BCUT2D eigenvalue weighted by Crippen LogP contribution is 2.19. The quantitative estimate of drug-likeness (QED) is 0.771. The molecule has 0 atom stereocenters. The predicted octanol–water partition coefficient (Wildman–Crippen LogP) is -0.397. The molecule has 1 amide bonds. The van der Waals surface area contributed by atoms with E-state index in [9.17, 15) is 24.6 Å². The number of anilines is 1. The number of ether oxygens (including phenoxy) is 1. The second-order valence-corrected chi connectivity index (χ2v) is 4.91. The summed E-state index contributed by atoms with van der Waals surface area (Å²) in [4.78, 5) is 34.0. The standard InChI is InChI=1S/C17H15NO6/c1-24-14-5-3-2-4-10(14)9-15(19)18-13-7-11(16(20)21)6-12(8-13)17(22)23/h2-8H,9H2,1H3,(H,18,19)(H,20,21)(H,22,23)/p-2. The number of hydrogen-bond acceptors (Lipinski definition) is 6. The normalized spacial score (nSPS) is 10.0. The number of carbonyl (C=O) groups is 3. The molecule has 2 aromatic rings. The number of rotatable bonds is 6. The predicted molar refractivity (Wildman–Crippen MR) is 80.4 cm³/mol. The molecule has 1 N–H and O–H groups in total. The van der Waals surface area contributed by atoms with Gasteiger partial charge in [0.1, 0.15) is 5.75 Å². The first-order chi connectivity index (χ1) is 11.4. The van der Waals surface area contributed by atoms with Crippen molar-refractivity contribution < 1.29 is 29.3 Å². The van der Waals surface area contributed by atoms with Crippen molar-refractivity contribution in [2.45, 2.75) is 6.42 Å². The minimum Gasteiger partial charge on any atom is -0.545 e. The van der Waals surface area contributed by atoms with Gasteiger partial charge in [-0.3, -0.25) is 4.79 Å². The fraction of sp³-hybridized carbons (Fsp3) is 0.118. The van der Waals surface area contributed by atoms with Crippen LogP contribution in [0.4, 0.5) is 5.69 Å². The minimum atomic E-state index is -1.56. The SMILES string of the molecule is COc1ccccc1CC(=O)Nc1cc(C(=O)[O-])cc(C(=O)[O-])c1. The maximum absolute atomic E-state index is 12.1. The van der Waals surface area contributed by atoms with E-state index >= 15 is 0 Å². The third-order valence-electron chi connectivity index (χ3n) is 3.23. The van der Waals surface area contributed by atoms with Gasteiger partial charge in [-0.25, -0.2) is 0 Å². The van der Waals surface area contributed by atoms with Gasteiger partial charge in [0.2, 0.25) is 5.91 Å². The van der Waals surface area contributed by atoms with Gasteiger partial charge in [0.25, 0.3) is 0 Å². The molecule has 124 valence electrons. The molecular formula is C17H13NO6-2. The first kappa shape index (κ1) is 17.0. The van der Waals surface area contributed by atoms with E-state index in [1.54, 1.807) is 24.3 Å². The third kappa shape index (κ3) is 4.10. The Morgan fingerprint density at radius 3 is 2.12 bits per heavy atom. The maximum atomic E-state index is 12.1. The zero-order valence-corrected chi connectivity index (χ0v) is 12.7. The van der Waals surface area contributed by atoms with Crippen molar-refractivity contribution in [1.29, 1.82) is 0 Å². The topological polar surface area (TPSA) is 119 Å². The molecule has 0 saturated carbocycles. The lowest BCUT2D eigenvalue weighted by Gasteiger charge is -2.13. The molecule has 0 fully saturated rings. The van der Waals surface area contributed by atoms with Gasteiger partial charge in [0.15, 0.2) is 0 Å². The summed E-state index contributed by atoms with van der Waals surface area (Å²) in [5.41, 5.74) is -0.0851. The average molecular weight is 327 g/mol. The van der Waals surface area contributed by atoms with Crippen molar-refractivity contribution in [2.75, 3.05) is 12.4 Å². The van der Waals surface area contributed by atoms with Gasteiger partial charge in [0, 0.05) is 11.3 Å². The van der Waals surface area contributed by atoms with E-state index < -0.39 is 17.8 Å². The van der Waals surface area contributed by atoms with E-state index in [1.807, 2.05) is 0 Å². The number of para-hydroxylation sites is 1. The van der Waals surface area contributed by atoms with Crippen molar-refractivity contribution >= 4 is 23.5 Å². The van der Waals surface area contributed by atoms with Crippen LogP contribution in [0.3, 0.4) is 0 Å². The van der Waals surface area contributed by atoms with Crippen molar-refractivity contribution in [2.24, 2.45) is 0 Å². The van der Waals surface area contributed by atoms with Gasteiger partial charge in [-0.05, 0) is 35.4 Å². The molecule has 0 aliphatic heterocycles. The number of methoxy groups -OCH3 is 1. The second kappa shape index (κ2) is 7.28. The maximum Gasteiger partial charge on any atom is 0.228 e. The summed E-state index contributed by atoms with van der Waals surface area (Å²) in [6, 6.07) is 10.0. The average Bonchev–Trinajstić information content (AvgIpc) is 2.54. The summed E-state index contributed by atoms with van der Waals surface area (Å²) in [5.74, 6) is -3.04. The minimum absolute atomic E-state index is 0.0239. The number of amides is 1. The lowest BCUT2D eigenvalue weighted by Crippen LogP contribution is -2.26. The van der Waals surface area contributed by atoms with E-state index in [1.165, 1.54) is 7.11 Å². The molecule has 0 unspecified atom stereocenters. The summed E-state index contributed by atoms with van der Waals surface area (Å²) < 4.78 is 5.15. The molecule has 0 bridgehead atoms. The zero-order valence-electron chi connectivity index (χ0n) is 12.7. The second-order valence-electron chi connectivity index (χ2n) is 4.91. The first-order valence-corrected chi connectivity index (χ1v) is 6.90. The van der Waals surface area contributed by atoms with Crippen LogP contribution in [0.1, 0.15) is 26.3 Å². The largest absolute Gasteiger partial charge is 0.545 e. The number of carbonyl (C=O) groups excluding carboxylic acids is 3. The Labute approximate surface area is 137 Å². The van der Waals surface area contributed by atoms with Crippen molar-refractivity contribution in [1.82, 2.24) is 0 Å². The van der Waals surface area contributed by atoms with Gasteiger partial charge in [-0.2, -0.15) is 0 Å². The number of aromatic carboxylic acids is 2. The first-order valence-electron chi connectivity index (χ1n) is 6.90. The van der Waals surface area contributed by atoms with Crippen LogP contribution in [0.2, 0.25) is 0 Å². The molecule has 2 rings (SSSR count). The van der Waals surface area contributed by atoms with E-state index in [-0.39, 0.29) is 23.2 Å². The number of carboxylic acids is 2. The van der Waals surface area contributed by atoms with Crippen LogP contribution in [0.25, 0.3) is 0 Å². The fourth-order valence-electron chi connectivity index (χ4n) is 2.16. The van der Waals surface area contributed by atoms with Crippen LogP contribution in [-0.4, -0.2) is 25.0 Å². The lowest BCUT2D eigenvalue weighted by molar-refractivity contribution is -0.255. The van der Waals surface area contributed by atoms with E-state index in [4.69, 9.17) is 4.74 Å². The molecule has 0 radical (unpaired) electrons. The number of benzene rings is 2. The summed E-state index contributed by atoms with van der Waals surface area (Å²) >= 11 is 0. The Morgan fingerprint density at radius 1 is 1.00 bits per heavy atom. The van der Waals surface area contributed by atoms with Gasteiger partial charge in [-0.1, -0.05) is 18.2 Å².